The number of carbonyl (C=O) groups is 1. The van der Waals surface area contributed by atoms with Crippen molar-refractivity contribution in [2.45, 2.75) is 50.9 Å². The molecule has 0 aliphatic carbocycles. The third kappa shape index (κ3) is 4.46. The molecular weight excluding hydrogens is 408 g/mol. The molecule has 0 radical (unpaired) electrons. The number of likely N-dealkylation sites (tertiary alicyclic amines) is 1. The van der Waals surface area contributed by atoms with Crippen LogP contribution in [0.3, 0.4) is 0 Å². The molecule has 5 rings (SSSR count). The van der Waals surface area contributed by atoms with Crippen molar-refractivity contribution in [3.05, 3.63) is 59.2 Å². The number of rotatable bonds is 6. The Labute approximate surface area is 187 Å². The molecule has 2 fully saturated rings. The number of furan rings is 2. The molecule has 0 bridgehead atoms. The summed E-state index contributed by atoms with van der Waals surface area (Å²) in [6.07, 6.45) is 3.39. The van der Waals surface area contributed by atoms with Crippen LogP contribution in [0.15, 0.2) is 45.2 Å². The molecule has 2 N–H and O–H groups in total. The third-order valence-electron chi connectivity index (χ3n) is 6.65. The fraction of sp³-hybridized carbons (Fsp3) is 0.480. The predicted molar refractivity (Wildman–Crippen MR) is 119 cm³/mol. The smallest absolute Gasteiger partial charge is 0.287 e. The molecule has 1 amide bonds. The zero-order chi connectivity index (χ0) is 22.1. The van der Waals surface area contributed by atoms with Crippen LogP contribution >= 0.6 is 0 Å². The molecule has 1 atom stereocenters. The van der Waals surface area contributed by atoms with E-state index in [0.717, 1.165) is 61.6 Å². The van der Waals surface area contributed by atoms with Crippen molar-refractivity contribution < 1.29 is 23.5 Å². The van der Waals surface area contributed by atoms with E-state index < -0.39 is 5.60 Å². The highest BCUT2D eigenvalue weighted by atomic mass is 16.5. The van der Waals surface area contributed by atoms with Crippen molar-refractivity contribution in [3.8, 4) is 0 Å². The van der Waals surface area contributed by atoms with Crippen LogP contribution in [0.5, 0.6) is 0 Å². The molecule has 4 heterocycles. The van der Waals surface area contributed by atoms with Crippen molar-refractivity contribution in [2.75, 3.05) is 26.2 Å². The minimum atomic E-state index is -0.886. The Morgan fingerprint density at radius 1 is 1.19 bits per heavy atom. The van der Waals surface area contributed by atoms with Gasteiger partial charge in [0.05, 0.1) is 18.2 Å². The first kappa shape index (κ1) is 21.2. The van der Waals surface area contributed by atoms with Gasteiger partial charge in [0.15, 0.2) is 5.76 Å². The van der Waals surface area contributed by atoms with Gasteiger partial charge in [-0.1, -0.05) is 6.07 Å². The molecule has 7 nitrogen and oxygen atoms in total. The third-order valence-corrected chi connectivity index (χ3v) is 6.65. The van der Waals surface area contributed by atoms with Gasteiger partial charge in [0.25, 0.3) is 5.91 Å². The summed E-state index contributed by atoms with van der Waals surface area (Å²) in [6.45, 7) is 5.54. The largest absolute Gasteiger partial charge is 0.465 e. The first-order chi connectivity index (χ1) is 15.5. The predicted octanol–water partition coefficient (Wildman–Crippen LogP) is 3.73. The lowest BCUT2D eigenvalue weighted by Gasteiger charge is -2.38. The number of piperidine rings is 1. The van der Waals surface area contributed by atoms with Crippen molar-refractivity contribution in [3.63, 3.8) is 0 Å². The summed E-state index contributed by atoms with van der Waals surface area (Å²) in [5.74, 6) is 1.92. The number of amides is 1. The van der Waals surface area contributed by atoms with Gasteiger partial charge in [0.2, 0.25) is 0 Å². The number of ether oxygens (including phenoxy) is 1. The van der Waals surface area contributed by atoms with Gasteiger partial charge in [-0.05, 0) is 68.5 Å². The van der Waals surface area contributed by atoms with E-state index in [-0.39, 0.29) is 17.8 Å². The molecule has 7 heteroatoms. The Kier molecular flexibility index (Phi) is 5.80. The summed E-state index contributed by atoms with van der Waals surface area (Å²) in [5, 5.41) is 15.1. The maximum absolute atomic E-state index is 12.5. The minimum Gasteiger partial charge on any atom is -0.465 e. The Hall–Kier alpha value is -2.61. The molecule has 1 aromatic carbocycles. The van der Waals surface area contributed by atoms with Crippen molar-refractivity contribution in [1.82, 2.24) is 10.2 Å². The zero-order valence-electron chi connectivity index (χ0n) is 18.4. The van der Waals surface area contributed by atoms with Crippen LogP contribution in [0.4, 0.5) is 0 Å². The Morgan fingerprint density at radius 3 is 2.75 bits per heavy atom. The van der Waals surface area contributed by atoms with Gasteiger partial charge < -0.3 is 24.0 Å². The zero-order valence-corrected chi connectivity index (χ0v) is 18.4. The van der Waals surface area contributed by atoms with Gasteiger partial charge in [-0.15, -0.1) is 0 Å². The molecule has 0 unspecified atom stereocenters. The number of hydrogen-bond acceptors (Lipinski definition) is 6. The Balaban J connectivity index is 1.23. The molecule has 2 aliphatic heterocycles. The Morgan fingerprint density at radius 2 is 2.03 bits per heavy atom. The van der Waals surface area contributed by atoms with E-state index in [1.807, 2.05) is 37.3 Å². The van der Waals surface area contributed by atoms with Crippen LogP contribution in [0.25, 0.3) is 11.0 Å². The Bertz CT molecular complexity index is 1090. The van der Waals surface area contributed by atoms with Crippen LogP contribution in [0.2, 0.25) is 0 Å². The second-order valence-corrected chi connectivity index (χ2v) is 9.03. The van der Waals surface area contributed by atoms with E-state index in [0.29, 0.717) is 25.0 Å². The molecule has 32 heavy (non-hydrogen) atoms. The first-order valence-corrected chi connectivity index (χ1v) is 11.4. The van der Waals surface area contributed by atoms with Crippen molar-refractivity contribution >= 4 is 16.9 Å². The van der Waals surface area contributed by atoms with E-state index in [2.05, 4.69) is 10.2 Å². The van der Waals surface area contributed by atoms with Gasteiger partial charge in [-0.2, -0.15) is 0 Å². The summed E-state index contributed by atoms with van der Waals surface area (Å²) in [7, 11) is 0. The van der Waals surface area contributed by atoms with Gasteiger partial charge in [-0.3, -0.25) is 9.69 Å². The lowest BCUT2D eigenvalue weighted by molar-refractivity contribution is -0.0288. The minimum absolute atomic E-state index is 0.0897. The standard InChI is InChI=1S/C25H30N2O5/c1-17-4-6-21(31-17)16-27-10-8-25(29,9-11-27)19-5-7-22-18(13-19)14-23(32-22)24(28)26-15-20-3-2-12-30-20/h4-7,13-14,20,29H,2-3,8-12,15-16H2,1H3,(H,26,28)/t20-/m1/s1. The fourth-order valence-electron chi connectivity index (χ4n) is 4.70. The van der Waals surface area contributed by atoms with Gasteiger partial charge in [0.1, 0.15) is 17.1 Å². The number of carbonyl (C=O) groups excluding carboxylic acids is 1. The summed E-state index contributed by atoms with van der Waals surface area (Å²) in [5.41, 5.74) is 0.624. The average molecular weight is 439 g/mol. The van der Waals surface area contributed by atoms with E-state index >= 15 is 0 Å². The number of aliphatic hydroxyl groups is 1. The van der Waals surface area contributed by atoms with Crippen LogP contribution in [-0.4, -0.2) is 48.3 Å². The molecular formula is C25H30N2O5. The second-order valence-electron chi connectivity index (χ2n) is 9.03. The van der Waals surface area contributed by atoms with Gasteiger partial charge >= 0.3 is 0 Å². The molecule has 3 aromatic rings. The SMILES string of the molecule is Cc1ccc(CN2CCC(O)(c3ccc4oc(C(=O)NC[C@H]5CCCO5)cc4c3)CC2)o1. The molecule has 2 aliphatic rings. The number of nitrogens with zero attached hydrogens (tertiary/aromatic N) is 1. The lowest BCUT2D eigenvalue weighted by Crippen LogP contribution is -2.42. The number of fused-ring (bicyclic) bond motifs is 1. The summed E-state index contributed by atoms with van der Waals surface area (Å²) >= 11 is 0. The maximum atomic E-state index is 12.5. The first-order valence-electron chi connectivity index (χ1n) is 11.4. The van der Waals surface area contributed by atoms with E-state index in [1.165, 1.54) is 0 Å². The average Bonchev–Trinajstić information content (AvgIpc) is 3.54. The lowest BCUT2D eigenvalue weighted by atomic mass is 9.84. The van der Waals surface area contributed by atoms with Crippen LogP contribution in [0, 0.1) is 6.92 Å². The molecule has 2 saturated heterocycles. The highest BCUT2D eigenvalue weighted by Crippen LogP contribution is 2.35. The van der Waals surface area contributed by atoms with E-state index in [9.17, 15) is 9.90 Å². The highest BCUT2D eigenvalue weighted by molar-refractivity contribution is 5.96. The van der Waals surface area contributed by atoms with E-state index in [4.69, 9.17) is 13.6 Å². The normalized spacial score (nSPS) is 21.2. The quantitative estimate of drug-likeness (QED) is 0.610. The molecule has 0 spiro atoms. The monoisotopic (exact) mass is 438 g/mol. The maximum Gasteiger partial charge on any atom is 0.287 e. The summed E-state index contributed by atoms with van der Waals surface area (Å²) in [6, 6.07) is 11.4. The second kappa shape index (κ2) is 8.73. The molecule has 2 aromatic heterocycles. The topological polar surface area (TPSA) is 88.1 Å². The summed E-state index contributed by atoms with van der Waals surface area (Å²) in [4.78, 5) is 14.8. The molecule has 0 saturated carbocycles. The fourth-order valence-corrected chi connectivity index (χ4v) is 4.70. The van der Waals surface area contributed by atoms with Crippen LogP contribution in [0.1, 0.15) is 53.3 Å². The number of aryl methyl sites for hydroxylation is 1. The van der Waals surface area contributed by atoms with Crippen molar-refractivity contribution in [1.29, 1.82) is 0 Å². The number of benzene rings is 1. The highest BCUT2D eigenvalue weighted by Gasteiger charge is 2.34. The summed E-state index contributed by atoms with van der Waals surface area (Å²) < 4.78 is 17.0. The van der Waals surface area contributed by atoms with Crippen LogP contribution in [-0.2, 0) is 16.9 Å². The van der Waals surface area contributed by atoms with Gasteiger partial charge in [-0.25, -0.2) is 0 Å². The van der Waals surface area contributed by atoms with E-state index in [1.54, 1.807) is 6.07 Å². The number of nitrogens with one attached hydrogen (secondary N) is 1. The van der Waals surface area contributed by atoms with Gasteiger partial charge in [0, 0.05) is 31.6 Å². The molecule has 170 valence electrons. The number of hydrogen-bond donors (Lipinski definition) is 2. The van der Waals surface area contributed by atoms with Crippen LogP contribution < -0.4 is 5.32 Å². The van der Waals surface area contributed by atoms with Crippen molar-refractivity contribution in [2.24, 2.45) is 0 Å².